The van der Waals surface area contributed by atoms with Gasteiger partial charge in [0, 0.05) is 12.1 Å². The maximum Gasteiger partial charge on any atom is 0.122 e. The first-order chi connectivity index (χ1) is 9.10. The summed E-state index contributed by atoms with van der Waals surface area (Å²) in [6.07, 6.45) is 2.33. The second-order valence-corrected chi connectivity index (χ2v) is 5.23. The Hall–Kier alpha value is -1.22. The summed E-state index contributed by atoms with van der Waals surface area (Å²) >= 11 is 0. The van der Waals surface area contributed by atoms with E-state index in [9.17, 15) is 0 Å². The lowest BCUT2D eigenvalue weighted by molar-refractivity contribution is 0.389. The molecule has 0 saturated heterocycles. The van der Waals surface area contributed by atoms with Crippen LogP contribution in [-0.2, 0) is 0 Å². The summed E-state index contributed by atoms with van der Waals surface area (Å²) in [5.74, 6) is 2.41. The van der Waals surface area contributed by atoms with Gasteiger partial charge in [0.2, 0.25) is 0 Å². The summed E-state index contributed by atoms with van der Waals surface area (Å²) in [5.41, 5.74) is 1.23. The van der Waals surface area contributed by atoms with Gasteiger partial charge >= 0.3 is 0 Å². The molecule has 0 radical (unpaired) electrons. The summed E-state index contributed by atoms with van der Waals surface area (Å²) < 4.78 is 10.7. The number of hydrogen-bond donors (Lipinski definition) is 1. The largest absolute Gasteiger partial charge is 0.497 e. The van der Waals surface area contributed by atoms with E-state index in [1.54, 1.807) is 14.2 Å². The van der Waals surface area contributed by atoms with Crippen LogP contribution in [0.15, 0.2) is 18.2 Å². The minimum atomic E-state index is 0.358. The van der Waals surface area contributed by atoms with Crippen LogP contribution in [0.1, 0.15) is 45.2 Å². The van der Waals surface area contributed by atoms with Crippen molar-refractivity contribution >= 4 is 0 Å². The predicted molar refractivity (Wildman–Crippen MR) is 80.0 cm³/mol. The van der Waals surface area contributed by atoms with Gasteiger partial charge in [0.25, 0.3) is 0 Å². The highest BCUT2D eigenvalue weighted by Crippen LogP contribution is 2.29. The summed E-state index contributed by atoms with van der Waals surface area (Å²) in [6, 6.07) is 6.46. The van der Waals surface area contributed by atoms with Crippen molar-refractivity contribution in [2.75, 3.05) is 20.8 Å². The summed E-state index contributed by atoms with van der Waals surface area (Å²) in [4.78, 5) is 0. The third-order valence-corrected chi connectivity index (χ3v) is 3.26. The first kappa shape index (κ1) is 15.8. The molecule has 3 nitrogen and oxygen atoms in total. The van der Waals surface area contributed by atoms with Gasteiger partial charge in [0.15, 0.2) is 0 Å². The fraction of sp³-hybridized carbons (Fsp3) is 0.625. The number of rotatable bonds is 8. The molecule has 0 heterocycles. The highest BCUT2D eigenvalue weighted by atomic mass is 16.5. The Bertz CT molecular complexity index is 355. The zero-order valence-corrected chi connectivity index (χ0v) is 12.8. The first-order valence-electron chi connectivity index (χ1n) is 7.07. The molecule has 0 fully saturated rings. The molecule has 0 aliphatic rings. The molecule has 0 aromatic heterocycles. The minimum absolute atomic E-state index is 0.358. The molecule has 1 aromatic rings. The molecule has 3 heteroatoms. The van der Waals surface area contributed by atoms with Crippen molar-refractivity contribution in [3.63, 3.8) is 0 Å². The molecule has 0 saturated carbocycles. The lowest BCUT2D eigenvalue weighted by atomic mass is 9.97. The standard InChI is InChI=1S/C16H27NO2/c1-6-17-16(8-7-12(2)3)13-9-14(18-4)11-15(10-13)19-5/h9-12,16-17H,6-8H2,1-5H3. The van der Waals surface area contributed by atoms with Gasteiger partial charge in [-0.2, -0.15) is 0 Å². The van der Waals surface area contributed by atoms with Gasteiger partial charge in [0.05, 0.1) is 14.2 Å². The highest BCUT2D eigenvalue weighted by Gasteiger charge is 2.13. The fourth-order valence-electron chi connectivity index (χ4n) is 2.16. The maximum atomic E-state index is 5.34. The summed E-state index contributed by atoms with van der Waals surface area (Å²) in [5, 5.41) is 3.55. The molecule has 0 aliphatic carbocycles. The Balaban J connectivity index is 2.92. The van der Waals surface area contributed by atoms with E-state index in [2.05, 4.69) is 38.2 Å². The molecular formula is C16H27NO2. The van der Waals surface area contributed by atoms with Crippen LogP contribution in [0, 0.1) is 5.92 Å². The molecule has 1 atom stereocenters. The molecule has 1 aromatic carbocycles. The van der Waals surface area contributed by atoms with Crippen LogP contribution < -0.4 is 14.8 Å². The second-order valence-electron chi connectivity index (χ2n) is 5.23. The van der Waals surface area contributed by atoms with Gasteiger partial charge in [-0.05, 0) is 43.0 Å². The Labute approximate surface area is 117 Å². The third-order valence-electron chi connectivity index (χ3n) is 3.26. The van der Waals surface area contributed by atoms with E-state index in [-0.39, 0.29) is 0 Å². The van der Waals surface area contributed by atoms with Crippen LogP contribution in [0.5, 0.6) is 11.5 Å². The minimum Gasteiger partial charge on any atom is -0.497 e. The number of nitrogens with one attached hydrogen (secondary N) is 1. The van der Waals surface area contributed by atoms with Crippen molar-refractivity contribution < 1.29 is 9.47 Å². The SMILES string of the molecule is CCNC(CCC(C)C)c1cc(OC)cc(OC)c1. The predicted octanol–water partition coefficient (Wildman–Crippen LogP) is 3.79. The van der Waals surface area contributed by atoms with Crippen molar-refractivity contribution in [3.05, 3.63) is 23.8 Å². The Kier molecular flexibility index (Phi) is 6.71. The maximum absolute atomic E-state index is 5.34. The van der Waals surface area contributed by atoms with Crippen molar-refractivity contribution in [1.29, 1.82) is 0 Å². The second kappa shape index (κ2) is 8.05. The zero-order chi connectivity index (χ0) is 14.3. The normalized spacial score (nSPS) is 12.5. The molecule has 0 aliphatic heterocycles. The average Bonchev–Trinajstić information content (AvgIpc) is 2.42. The van der Waals surface area contributed by atoms with Crippen LogP contribution in [0.4, 0.5) is 0 Å². The molecule has 108 valence electrons. The van der Waals surface area contributed by atoms with E-state index in [1.807, 2.05) is 6.07 Å². The molecule has 1 rings (SSSR count). The van der Waals surface area contributed by atoms with Crippen LogP contribution in [-0.4, -0.2) is 20.8 Å². The van der Waals surface area contributed by atoms with E-state index < -0.39 is 0 Å². The van der Waals surface area contributed by atoms with E-state index in [0.717, 1.165) is 24.5 Å². The molecular weight excluding hydrogens is 238 g/mol. The fourth-order valence-corrected chi connectivity index (χ4v) is 2.16. The van der Waals surface area contributed by atoms with Gasteiger partial charge in [-0.3, -0.25) is 0 Å². The van der Waals surface area contributed by atoms with Gasteiger partial charge in [-0.25, -0.2) is 0 Å². The topological polar surface area (TPSA) is 30.5 Å². The average molecular weight is 265 g/mol. The number of methoxy groups -OCH3 is 2. The Morgan fingerprint density at radius 2 is 1.58 bits per heavy atom. The van der Waals surface area contributed by atoms with Crippen LogP contribution >= 0.6 is 0 Å². The zero-order valence-electron chi connectivity index (χ0n) is 12.8. The van der Waals surface area contributed by atoms with E-state index >= 15 is 0 Å². The van der Waals surface area contributed by atoms with Crippen LogP contribution in [0.3, 0.4) is 0 Å². The first-order valence-corrected chi connectivity index (χ1v) is 7.07. The molecule has 0 bridgehead atoms. The highest BCUT2D eigenvalue weighted by molar-refractivity contribution is 5.39. The molecule has 1 N–H and O–H groups in total. The van der Waals surface area contributed by atoms with Crippen molar-refractivity contribution in [3.8, 4) is 11.5 Å². The smallest absolute Gasteiger partial charge is 0.122 e. The van der Waals surface area contributed by atoms with E-state index in [1.165, 1.54) is 12.0 Å². The summed E-state index contributed by atoms with van der Waals surface area (Å²) in [6.45, 7) is 7.62. The van der Waals surface area contributed by atoms with Gasteiger partial charge < -0.3 is 14.8 Å². The van der Waals surface area contributed by atoms with E-state index in [4.69, 9.17) is 9.47 Å². The van der Waals surface area contributed by atoms with Crippen molar-refractivity contribution in [2.24, 2.45) is 5.92 Å². The van der Waals surface area contributed by atoms with Crippen LogP contribution in [0.25, 0.3) is 0 Å². The Morgan fingerprint density at radius 1 is 1.00 bits per heavy atom. The third kappa shape index (κ3) is 5.11. The van der Waals surface area contributed by atoms with Crippen molar-refractivity contribution in [1.82, 2.24) is 5.32 Å². The van der Waals surface area contributed by atoms with E-state index in [0.29, 0.717) is 12.0 Å². The number of benzene rings is 1. The molecule has 1 unspecified atom stereocenters. The lowest BCUT2D eigenvalue weighted by Crippen LogP contribution is -2.21. The summed E-state index contributed by atoms with van der Waals surface area (Å²) in [7, 11) is 3.38. The van der Waals surface area contributed by atoms with Crippen molar-refractivity contribution in [2.45, 2.75) is 39.7 Å². The quantitative estimate of drug-likeness (QED) is 0.775. The van der Waals surface area contributed by atoms with Crippen LogP contribution in [0.2, 0.25) is 0 Å². The monoisotopic (exact) mass is 265 g/mol. The number of hydrogen-bond acceptors (Lipinski definition) is 3. The van der Waals surface area contributed by atoms with Gasteiger partial charge in [0.1, 0.15) is 11.5 Å². The van der Waals surface area contributed by atoms with Gasteiger partial charge in [-0.15, -0.1) is 0 Å². The Morgan fingerprint density at radius 3 is 2.00 bits per heavy atom. The lowest BCUT2D eigenvalue weighted by Gasteiger charge is -2.20. The molecule has 19 heavy (non-hydrogen) atoms. The van der Waals surface area contributed by atoms with Gasteiger partial charge in [-0.1, -0.05) is 20.8 Å². The molecule has 0 amide bonds. The number of ether oxygens (including phenoxy) is 2. The molecule has 0 spiro atoms.